The number of nitrogens with one attached hydrogen (secondary N) is 1. The molecule has 33 heavy (non-hydrogen) atoms. The Balaban J connectivity index is 1.46. The van der Waals surface area contributed by atoms with Gasteiger partial charge in [0.2, 0.25) is 5.95 Å². The number of anilines is 2. The molecule has 1 N–H and O–H groups in total. The number of benzene rings is 3. The summed E-state index contributed by atoms with van der Waals surface area (Å²) in [5.74, 6) is 0.630. The van der Waals surface area contributed by atoms with Crippen molar-refractivity contribution in [2.24, 2.45) is 0 Å². The van der Waals surface area contributed by atoms with Crippen LogP contribution in [0.25, 0.3) is 22.5 Å². The van der Waals surface area contributed by atoms with Crippen molar-refractivity contribution in [3.63, 3.8) is 0 Å². The van der Waals surface area contributed by atoms with Crippen LogP contribution >= 0.6 is 0 Å². The van der Waals surface area contributed by atoms with Gasteiger partial charge in [0.1, 0.15) is 0 Å². The third kappa shape index (κ3) is 3.80. The fourth-order valence-corrected chi connectivity index (χ4v) is 4.69. The quantitative estimate of drug-likeness (QED) is 0.347. The van der Waals surface area contributed by atoms with Crippen molar-refractivity contribution in [1.29, 1.82) is 0 Å². The predicted molar refractivity (Wildman–Crippen MR) is 134 cm³/mol. The summed E-state index contributed by atoms with van der Waals surface area (Å²) in [6.07, 6.45) is 6.20. The highest BCUT2D eigenvalue weighted by Gasteiger charge is 2.25. The highest BCUT2D eigenvalue weighted by Crippen LogP contribution is 2.40. The number of nitrogens with zero attached hydrogens (tertiary/aromatic N) is 3. The molecule has 0 radical (unpaired) electrons. The maximum absolute atomic E-state index is 4.97. The molecule has 4 nitrogen and oxygen atoms in total. The monoisotopic (exact) mass is 428 g/mol. The molecule has 2 heterocycles. The topological polar surface area (TPSA) is 42.7 Å². The summed E-state index contributed by atoms with van der Waals surface area (Å²) < 4.78 is 2.39. The first-order valence-electron chi connectivity index (χ1n) is 11.3. The standard InChI is InChI=1S/C29H24N4/c1-4-10-21(11-5-1)19-33-20-26-25(28(33)22-12-6-2-7-13-22)17-16-23-18-30-29(32-27(23)26)31-24-14-8-3-9-15-24/h1-15,18,20H,16-17,19H2,(H,30,31,32). The van der Waals surface area contributed by atoms with Crippen molar-refractivity contribution in [3.05, 3.63) is 120 Å². The Bertz CT molecular complexity index is 1390. The van der Waals surface area contributed by atoms with Gasteiger partial charge in [0.05, 0.1) is 11.4 Å². The van der Waals surface area contributed by atoms with Crippen LogP contribution in [0.4, 0.5) is 11.6 Å². The van der Waals surface area contributed by atoms with Crippen molar-refractivity contribution in [3.8, 4) is 22.5 Å². The molecule has 0 unspecified atom stereocenters. The van der Waals surface area contributed by atoms with E-state index in [-0.39, 0.29) is 0 Å². The lowest BCUT2D eigenvalue weighted by Gasteiger charge is -2.18. The molecule has 0 atom stereocenters. The van der Waals surface area contributed by atoms with Gasteiger partial charge >= 0.3 is 0 Å². The number of para-hydroxylation sites is 1. The van der Waals surface area contributed by atoms with Crippen LogP contribution in [0.15, 0.2) is 103 Å². The second kappa shape index (κ2) is 8.40. The summed E-state index contributed by atoms with van der Waals surface area (Å²) >= 11 is 0. The van der Waals surface area contributed by atoms with Crippen molar-refractivity contribution in [2.75, 3.05) is 5.32 Å². The van der Waals surface area contributed by atoms with Crippen LogP contribution in [0.1, 0.15) is 16.7 Å². The summed E-state index contributed by atoms with van der Waals surface area (Å²) in [6, 6.07) is 31.4. The molecule has 0 saturated carbocycles. The second-order valence-corrected chi connectivity index (χ2v) is 8.41. The molecule has 3 aromatic carbocycles. The Morgan fingerprint density at radius 3 is 2.24 bits per heavy atom. The van der Waals surface area contributed by atoms with E-state index in [1.807, 2.05) is 36.5 Å². The lowest BCUT2D eigenvalue weighted by Crippen LogP contribution is -2.08. The smallest absolute Gasteiger partial charge is 0.227 e. The molecule has 4 heteroatoms. The van der Waals surface area contributed by atoms with Gasteiger partial charge in [-0.1, -0.05) is 78.9 Å². The lowest BCUT2D eigenvalue weighted by atomic mass is 9.90. The van der Waals surface area contributed by atoms with Crippen molar-refractivity contribution in [2.45, 2.75) is 19.4 Å². The molecule has 1 aliphatic carbocycles. The SMILES string of the molecule is c1ccc(Cn2cc3c(c2-c2ccccc2)CCc2cnc(Nc4ccccc4)nc2-3)cc1. The van der Waals surface area contributed by atoms with E-state index in [1.165, 1.54) is 33.5 Å². The van der Waals surface area contributed by atoms with Crippen LogP contribution in [0.5, 0.6) is 0 Å². The number of aryl methyl sites for hydroxylation is 1. The van der Waals surface area contributed by atoms with Crippen LogP contribution in [0, 0.1) is 0 Å². The van der Waals surface area contributed by atoms with Crippen LogP contribution < -0.4 is 5.32 Å². The Labute approximate surface area is 193 Å². The zero-order valence-corrected chi connectivity index (χ0v) is 18.3. The largest absolute Gasteiger partial charge is 0.342 e. The lowest BCUT2D eigenvalue weighted by molar-refractivity contribution is 0.810. The molecular formula is C29H24N4. The average molecular weight is 429 g/mol. The number of hydrogen-bond donors (Lipinski definition) is 1. The molecule has 0 saturated heterocycles. The first-order chi connectivity index (χ1) is 16.3. The van der Waals surface area contributed by atoms with Gasteiger partial charge < -0.3 is 9.88 Å². The van der Waals surface area contributed by atoms with Gasteiger partial charge in [-0.15, -0.1) is 0 Å². The van der Waals surface area contributed by atoms with Gasteiger partial charge in [-0.3, -0.25) is 0 Å². The zero-order valence-electron chi connectivity index (χ0n) is 18.3. The third-order valence-electron chi connectivity index (χ3n) is 6.22. The molecule has 2 aromatic heterocycles. The minimum atomic E-state index is 0.630. The van der Waals surface area contributed by atoms with Crippen molar-refractivity contribution < 1.29 is 0 Å². The third-order valence-corrected chi connectivity index (χ3v) is 6.22. The van der Waals surface area contributed by atoms with Gasteiger partial charge in [0, 0.05) is 30.2 Å². The minimum absolute atomic E-state index is 0.630. The number of aromatic nitrogens is 3. The van der Waals surface area contributed by atoms with Gasteiger partial charge in [-0.25, -0.2) is 9.97 Å². The van der Waals surface area contributed by atoms with Gasteiger partial charge in [0.15, 0.2) is 0 Å². The van der Waals surface area contributed by atoms with Gasteiger partial charge in [0.25, 0.3) is 0 Å². The molecule has 0 bridgehead atoms. The predicted octanol–water partition coefficient (Wildman–Crippen LogP) is 6.50. The zero-order chi connectivity index (χ0) is 22.0. The Morgan fingerprint density at radius 2 is 1.48 bits per heavy atom. The van der Waals surface area contributed by atoms with E-state index in [2.05, 4.69) is 81.7 Å². The maximum atomic E-state index is 4.97. The van der Waals surface area contributed by atoms with E-state index >= 15 is 0 Å². The highest BCUT2D eigenvalue weighted by atomic mass is 15.1. The summed E-state index contributed by atoms with van der Waals surface area (Å²) in [4.78, 5) is 9.56. The Kier molecular flexibility index (Phi) is 4.96. The average Bonchev–Trinajstić information content (AvgIpc) is 3.24. The molecular weight excluding hydrogens is 404 g/mol. The first kappa shape index (κ1) is 19.5. The van der Waals surface area contributed by atoms with Crippen LogP contribution in [-0.4, -0.2) is 14.5 Å². The molecule has 0 aliphatic heterocycles. The van der Waals surface area contributed by atoms with Crippen molar-refractivity contribution in [1.82, 2.24) is 14.5 Å². The Morgan fingerprint density at radius 1 is 0.788 bits per heavy atom. The van der Waals surface area contributed by atoms with E-state index < -0.39 is 0 Å². The molecule has 5 aromatic rings. The number of rotatable bonds is 5. The molecule has 0 fully saturated rings. The van der Waals surface area contributed by atoms with E-state index in [1.54, 1.807) is 0 Å². The van der Waals surface area contributed by atoms with Crippen LogP contribution in [-0.2, 0) is 19.4 Å². The highest BCUT2D eigenvalue weighted by molar-refractivity contribution is 5.80. The molecule has 6 rings (SSSR count). The summed E-state index contributed by atoms with van der Waals surface area (Å²) in [6.45, 7) is 0.827. The van der Waals surface area contributed by atoms with Crippen molar-refractivity contribution >= 4 is 11.6 Å². The first-order valence-corrected chi connectivity index (χ1v) is 11.3. The molecule has 1 aliphatic rings. The second-order valence-electron chi connectivity index (χ2n) is 8.41. The van der Waals surface area contributed by atoms with E-state index in [0.29, 0.717) is 5.95 Å². The van der Waals surface area contributed by atoms with E-state index in [9.17, 15) is 0 Å². The molecule has 0 amide bonds. The van der Waals surface area contributed by atoms with E-state index in [0.717, 1.165) is 30.8 Å². The summed E-state index contributed by atoms with van der Waals surface area (Å²) in [5.41, 5.74) is 9.63. The van der Waals surface area contributed by atoms with Crippen LogP contribution in [0.2, 0.25) is 0 Å². The number of hydrogen-bond acceptors (Lipinski definition) is 3. The molecule has 0 spiro atoms. The van der Waals surface area contributed by atoms with Crippen LogP contribution in [0.3, 0.4) is 0 Å². The fraction of sp³-hybridized carbons (Fsp3) is 0.103. The van der Waals surface area contributed by atoms with E-state index in [4.69, 9.17) is 4.98 Å². The van der Waals surface area contributed by atoms with Gasteiger partial charge in [-0.05, 0) is 47.2 Å². The number of fused-ring (bicyclic) bond motifs is 3. The normalized spacial score (nSPS) is 12.1. The summed E-state index contributed by atoms with van der Waals surface area (Å²) in [7, 11) is 0. The van der Waals surface area contributed by atoms with Gasteiger partial charge in [-0.2, -0.15) is 0 Å². The Hall–Kier alpha value is -4.18. The summed E-state index contributed by atoms with van der Waals surface area (Å²) in [5, 5.41) is 3.35. The molecule has 160 valence electrons. The maximum Gasteiger partial charge on any atom is 0.227 e. The fourth-order valence-electron chi connectivity index (χ4n) is 4.69. The minimum Gasteiger partial charge on any atom is -0.342 e.